The first kappa shape index (κ1) is 20.6. The number of anilines is 4. The zero-order valence-corrected chi connectivity index (χ0v) is 17.3. The van der Waals surface area contributed by atoms with E-state index in [2.05, 4.69) is 25.5 Å². The van der Waals surface area contributed by atoms with Crippen LogP contribution in [0.3, 0.4) is 0 Å². The van der Waals surface area contributed by atoms with Crippen molar-refractivity contribution < 1.29 is 29.3 Å². The van der Waals surface area contributed by atoms with Crippen molar-refractivity contribution >= 4 is 41.0 Å². The molecule has 3 aliphatic rings. The molecule has 0 aliphatic carbocycles. The molecule has 1 amide bonds. The van der Waals surface area contributed by atoms with E-state index in [0.29, 0.717) is 24.8 Å². The van der Waals surface area contributed by atoms with Crippen LogP contribution in [0.15, 0.2) is 24.3 Å². The summed E-state index contributed by atoms with van der Waals surface area (Å²) in [5.41, 5.74) is 7.62. The summed E-state index contributed by atoms with van der Waals surface area (Å²) >= 11 is 0. The number of hydrogen-bond donors (Lipinski definition) is 5. The number of carboxylic acid groups (broad SMARTS) is 2. The Hall–Kier alpha value is -4.29. The average molecular weight is 455 g/mol. The predicted molar refractivity (Wildman–Crippen MR) is 115 cm³/mol. The number of carboxylic acids is 2. The molecular formula is C20H21N7O6. The number of nitrogens with two attached hydrogens (primary N) is 1. The van der Waals surface area contributed by atoms with Crippen LogP contribution in [0.5, 0.6) is 5.88 Å². The first-order valence-corrected chi connectivity index (χ1v) is 10.3. The molecule has 3 aliphatic heterocycles. The van der Waals surface area contributed by atoms with Crippen LogP contribution < -0.4 is 30.9 Å². The van der Waals surface area contributed by atoms with Crippen molar-refractivity contribution in [1.82, 2.24) is 15.3 Å². The van der Waals surface area contributed by atoms with Crippen molar-refractivity contribution in [2.75, 3.05) is 33.9 Å². The van der Waals surface area contributed by atoms with Crippen LogP contribution >= 0.6 is 0 Å². The number of benzene rings is 1. The average Bonchev–Trinajstić information content (AvgIpc) is 3.33. The molecule has 5 rings (SSSR count). The number of ether oxygens (including phenoxy) is 1. The smallest absolute Gasteiger partial charge is 0.326 e. The van der Waals surface area contributed by atoms with Crippen LogP contribution in [0.1, 0.15) is 23.2 Å². The molecule has 2 aromatic rings. The van der Waals surface area contributed by atoms with Gasteiger partial charge in [0.05, 0.1) is 6.04 Å². The summed E-state index contributed by atoms with van der Waals surface area (Å²) < 4.78 is 6.06. The third-order valence-electron chi connectivity index (χ3n) is 5.87. The Labute approximate surface area is 187 Å². The number of hydrogen-bond acceptors (Lipinski definition) is 10. The molecule has 13 nitrogen and oxygen atoms in total. The lowest BCUT2D eigenvalue weighted by Gasteiger charge is -2.29. The number of nitrogens with zero attached hydrogens (tertiary/aromatic N) is 4. The zero-order chi connectivity index (χ0) is 23.3. The molecule has 13 heteroatoms. The molecule has 0 bridgehead atoms. The Morgan fingerprint density at radius 2 is 2.00 bits per heavy atom. The number of nitrogens with one attached hydrogen (secondary N) is 2. The molecule has 1 fully saturated rings. The molecule has 33 heavy (non-hydrogen) atoms. The maximum Gasteiger partial charge on any atom is 0.326 e. The van der Waals surface area contributed by atoms with Gasteiger partial charge in [0, 0.05) is 30.8 Å². The summed E-state index contributed by atoms with van der Waals surface area (Å²) in [6.45, 7) is 1.33. The fourth-order valence-corrected chi connectivity index (χ4v) is 4.32. The highest BCUT2D eigenvalue weighted by molar-refractivity contribution is 5.97. The first-order chi connectivity index (χ1) is 15.8. The standard InChI is InChI=1S/C20H21N7O6/c21-19-24-15-14-17(25-19)33-20-26(8-11(7-22-15)27(14)20)10-3-1-9(2-4-10)16(30)23-12(18(31)32)5-6-13(28)29/h1-4,11-12,20H,5-8H2,(H,23,30)(H,28,29)(H,31,32)(H3,21,22,24,25)/t11-,12-,20?/m0/s1. The zero-order valence-electron chi connectivity index (χ0n) is 17.3. The van der Waals surface area contributed by atoms with E-state index in [1.54, 1.807) is 24.3 Å². The Bertz CT molecular complexity index is 1140. The SMILES string of the molecule is Nc1nc2c3c(n1)OC1N(c4ccc(C(=O)N[C@@H](CCC(=O)O)C(=O)O)cc4)C[C@H](CN2)N31. The van der Waals surface area contributed by atoms with Gasteiger partial charge in [-0.3, -0.25) is 9.59 Å². The number of carbonyl (C=O) groups excluding carboxylic acids is 1. The number of amides is 1. The quantitative estimate of drug-likeness (QED) is 0.374. The minimum absolute atomic E-state index is 0.126. The van der Waals surface area contributed by atoms with E-state index in [-0.39, 0.29) is 30.4 Å². The lowest BCUT2D eigenvalue weighted by atomic mass is 10.1. The number of rotatable bonds is 7. The van der Waals surface area contributed by atoms with Gasteiger partial charge in [0.15, 0.2) is 5.82 Å². The summed E-state index contributed by atoms with van der Waals surface area (Å²) in [5.74, 6) is -1.83. The number of carbonyl (C=O) groups is 3. The van der Waals surface area contributed by atoms with Gasteiger partial charge in [-0.05, 0) is 30.7 Å². The molecule has 3 atom stereocenters. The van der Waals surface area contributed by atoms with Crippen LogP contribution in [-0.4, -0.2) is 69.6 Å². The summed E-state index contributed by atoms with van der Waals surface area (Å²) in [6.07, 6.45) is -0.990. The summed E-state index contributed by atoms with van der Waals surface area (Å²) in [6, 6.07) is 5.51. The van der Waals surface area contributed by atoms with Gasteiger partial charge in [-0.25, -0.2) is 4.79 Å². The topological polar surface area (TPSA) is 183 Å². The minimum atomic E-state index is -1.29. The normalized spacial score (nSPS) is 20.5. The fourth-order valence-electron chi connectivity index (χ4n) is 4.32. The molecule has 4 heterocycles. The Morgan fingerprint density at radius 3 is 2.70 bits per heavy atom. The molecular weight excluding hydrogens is 434 g/mol. The summed E-state index contributed by atoms with van der Waals surface area (Å²) in [7, 11) is 0. The van der Waals surface area contributed by atoms with Crippen molar-refractivity contribution in [3.63, 3.8) is 0 Å². The molecule has 1 saturated heterocycles. The second-order valence-electron chi connectivity index (χ2n) is 7.97. The molecule has 1 aromatic heterocycles. The van der Waals surface area contributed by atoms with E-state index < -0.39 is 30.2 Å². The third-order valence-corrected chi connectivity index (χ3v) is 5.87. The lowest BCUT2D eigenvalue weighted by molar-refractivity contribution is -0.140. The largest absolute Gasteiger partial charge is 0.481 e. The van der Waals surface area contributed by atoms with Crippen molar-refractivity contribution in [2.24, 2.45) is 0 Å². The third kappa shape index (κ3) is 3.56. The Kier molecular flexibility index (Phi) is 4.80. The summed E-state index contributed by atoms with van der Waals surface area (Å²) in [5, 5.41) is 23.6. The van der Waals surface area contributed by atoms with E-state index >= 15 is 0 Å². The molecule has 0 spiro atoms. The van der Waals surface area contributed by atoms with E-state index in [1.807, 2.05) is 4.90 Å². The van der Waals surface area contributed by atoms with Gasteiger partial charge >= 0.3 is 11.9 Å². The van der Waals surface area contributed by atoms with Gasteiger partial charge < -0.3 is 41.1 Å². The fraction of sp³-hybridized carbons (Fsp3) is 0.350. The van der Waals surface area contributed by atoms with Gasteiger partial charge in [-0.15, -0.1) is 0 Å². The minimum Gasteiger partial charge on any atom is -0.481 e. The van der Waals surface area contributed by atoms with Gasteiger partial charge in [0.1, 0.15) is 11.7 Å². The maximum absolute atomic E-state index is 12.5. The first-order valence-electron chi connectivity index (χ1n) is 10.3. The molecule has 1 aromatic carbocycles. The van der Waals surface area contributed by atoms with Gasteiger partial charge in [-0.1, -0.05) is 0 Å². The molecule has 0 radical (unpaired) electrons. The van der Waals surface area contributed by atoms with Crippen LogP contribution in [-0.2, 0) is 9.59 Å². The van der Waals surface area contributed by atoms with Crippen LogP contribution in [0.2, 0.25) is 0 Å². The Morgan fingerprint density at radius 1 is 1.24 bits per heavy atom. The lowest BCUT2D eigenvalue weighted by Crippen LogP contribution is -2.44. The highest BCUT2D eigenvalue weighted by Crippen LogP contribution is 2.48. The van der Waals surface area contributed by atoms with Crippen LogP contribution in [0.25, 0.3) is 0 Å². The number of aliphatic carboxylic acids is 2. The molecule has 0 saturated carbocycles. The van der Waals surface area contributed by atoms with Crippen molar-refractivity contribution in [3.05, 3.63) is 29.8 Å². The van der Waals surface area contributed by atoms with E-state index in [4.69, 9.17) is 15.6 Å². The van der Waals surface area contributed by atoms with Crippen LogP contribution in [0.4, 0.5) is 23.1 Å². The van der Waals surface area contributed by atoms with Crippen molar-refractivity contribution in [2.45, 2.75) is 31.3 Å². The number of nitrogen functional groups attached to an aromatic ring is 1. The predicted octanol–water partition coefficient (Wildman–Crippen LogP) is -0.0967. The van der Waals surface area contributed by atoms with Crippen molar-refractivity contribution in [1.29, 1.82) is 0 Å². The van der Waals surface area contributed by atoms with Crippen LogP contribution in [0, 0.1) is 0 Å². The summed E-state index contributed by atoms with van der Waals surface area (Å²) in [4.78, 5) is 47.1. The van der Waals surface area contributed by atoms with E-state index in [1.165, 1.54) is 0 Å². The molecule has 6 N–H and O–H groups in total. The molecule has 1 unspecified atom stereocenters. The highest BCUT2D eigenvalue weighted by Gasteiger charge is 2.51. The van der Waals surface area contributed by atoms with E-state index in [9.17, 15) is 19.5 Å². The second-order valence-corrected chi connectivity index (χ2v) is 7.97. The number of aromatic nitrogens is 2. The molecule has 172 valence electrons. The van der Waals surface area contributed by atoms with Gasteiger partial charge in [0.2, 0.25) is 11.8 Å². The second kappa shape index (κ2) is 7.69. The monoisotopic (exact) mass is 455 g/mol. The van der Waals surface area contributed by atoms with Gasteiger partial charge in [0.25, 0.3) is 12.3 Å². The van der Waals surface area contributed by atoms with Gasteiger partial charge in [-0.2, -0.15) is 9.97 Å². The van der Waals surface area contributed by atoms with E-state index in [0.717, 1.165) is 11.4 Å². The maximum atomic E-state index is 12.5. The van der Waals surface area contributed by atoms with Crippen molar-refractivity contribution in [3.8, 4) is 5.88 Å². The highest BCUT2D eigenvalue weighted by atomic mass is 16.5. The Balaban J connectivity index is 1.31.